The van der Waals surface area contributed by atoms with E-state index < -0.39 is 0 Å². The Bertz CT molecular complexity index is 74.8. The van der Waals surface area contributed by atoms with E-state index in [-0.39, 0.29) is 0 Å². The zero-order valence-corrected chi connectivity index (χ0v) is 7.37. The van der Waals surface area contributed by atoms with Gasteiger partial charge in [0.25, 0.3) is 0 Å². The maximum absolute atomic E-state index is 5.59. The third-order valence-corrected chi connectivity index (χ3v) is 2.74. The molecule has 10 heavy (non-hydrogen) atoms. The second-order valence-electron chi connectivity index (χ2n) is 3.34. The molecule has 0 saturated heterocycles. The van der Waals surface area contributed by atoms with Crippen LogP contribution in [-0.2, 0) is 0 Å². The van der Waals surface area contributed by atoms with Gasteiger partial charge in [-0.2, -0.15) is 0 Å². The summed E-state index contributed by atoms with van der Waals surface area (Å²) in [5, 5.41) is 0. The molecule has 0 aromatic rings. The van der Waals surface area contributed by atoms with Gasteiger partial charge in [-0.25, -0.2) is 0 Å². The van der Waals surface area contributed by atoms with Gasteiger partial charge in [-0.05, 0) is 12.3 Å². The molecule has 0 aromatic heterocycles. The molecule has 1 fully saturated rings. The van der Waals surface area contributed by atoms with E-state index in [1.54, 1.807) is 0 Å². The van der Waals surface area contributed by atoms with Crippen LogP contribution in [0.3, 0.4) is 0 Å². The van der Waals surface area contributed by atoms with E-state index >= 15 is 0 Å². The number of rotatable bonds is 4. The zero-order valence-electron chi connectivity index (χ0n) is 6.61. The van der Waals surface area contributed by atoms with Crippen molar-refractivity contribution >= 4 is 11.6 Å². The summed E-state index contributed by atoms with van der Waals surface area (Å²) in [5.41, 5.74) is 0. The first-order valence-electron chi connectivity index (χ1n) is 4.49. The van der Waals surface area contributed by atoms with E-state index in [2.05, 4.69) is 0 Å². The molecular formula is C9H17Cl. The molecule has 0 radical (unpaired) electrons. The van der Waals surface area contributed by atoms with Gasteiger partial charge >= 0.3 is 0 Å². The van der Waals surface area contributed by atoms with E-state index in [4.69, 9.17) is 11.6 Å². The van der Waals surface area contributed by atoms with Gasteiger partial charge in [0.05, 0.1) is 0 Å². The Kier molecular flexibility index (Phi) is 4.20. The van der Waals surface area contributed by atoms with Crippen molar-refractivity contribution in [2.45, 2.75) is 44.9 Å². The molecular weight excluding hydrogens is 144 g/mol. The highest BCUT2D eigenvalue weighted by molar-refractivity contribution is 6.17. The minimum Gasteiger partial charge on any atom is -0.127 e. The maximum atomic E-state index is 5.59. The molecule has 1 heteroatoms. The van der Waals surface area contributed by atoms with Crippen molar-refractivity contribution < 1.29 is 0 Å². The van der Waals surface area contributed by atoms with Crippen molar-refractivity contribution in [3.05, 3.63) is 0 Å². The van der Waals surface area contributed by atoms with E-state index in [1.165, 1.54) is 44.9 Å². The normalized spacial score (nSPS) is 20.1. The summed E-state index contributed by atoms with van der Waals surface area (Å²) >= 11 is 5.59. The van der Waals surface area contributed by atoms with Crippen molar-refractivity contribution in [3.8, 4) is 0 Å². The average molecular weight is 161 g/mol. The predicted molar refractivity (Wildman–Crippen MR) is 46.5 cm³/mol. The molecule has 0 bridgehead atoms. The lowest BCUT2D eigenvalue weighted by Crippen LogP contribution is -1.92. The van der Waals surface area contributed by atoms with Crippen LogP contribution in [0, 0.1) is 5.92 Å². The van der Waals surface area contributed by atoms with E-state index in [0.717, 1.165) is 11.8 Å². The number of alkyl halides is 1. The summed E-state index contributed by atoms with van der Waals surface area (Å²) in [7, 11) is 0. The lowest BCUT2D eigenvalue weighted by molar-refractivity contribution is 0.481. The van der Waals surface area contributed by atoms with Gasteiger partial charge in [0, 0.05) is 5.88 Å². The predicted octanol–water partition coefficient (Wildman–Crippen LogP) is 3.59. The molecule has 1 rings (SSSR count). The topological polar surface area (TPSA) is 0 Å². The summed E-state index contributed by atoms with van der Waals surface area (Å²) in [5.74, 6) is 1.91. The van der Waals surface area contributed by atoms with Gasteiger partial charge in [0.1, 0.15) is 0 Å². The molecule has 0 spiro atoms. The molecule has 0 heterocycles. The second-order valence-corrected chi connectivity index (χ2v) is 3.71. The fourth-order valence-corrected chi connectivity index (χ4v) is 2.02. The van der Waals surface area contributed by atoms with Crippen molar-refractivity contribution in [1.29, 1.82) is 0 Å². The van der Waals surface area contributed by atoms with Crippen LogP contribution in [0.2, 0.25) is 0 Å². The fourth-order valence-electron chi connectivity index (χ4n) is 1.83. The zero-order chi connectivity index (χ0) is 7.23. The van der Waals surface area contributed by atoms with Crippen LogP contribution in [0.15, 0.2) is 0 Å². The Labute approximate surface area is 69.0 Å². The lowest BCUT2D eigenvalue weighted by Gasteiger charge is -2.05. The molecule has 0 unspecified atom stereocenters. The largest absolute Gasteiger partial charge is 0.127 e. The lowest BCUT2D eigenvalue weighted by atomic mass is 10.0. The van der Waals surface area contributed by atoms with Crippen LogP contribution in [0.4, 0.5) is 0 Å². The quantitative estimate of drug-likeness (QED) is 0.436. The molecule has 0 aromatic carbocycles. The van der Waals surface area contributed by atoms with Gasteiger partial charge < -0.3 is 0 Å². The smallest absolute Gasteiger partial charge is 0.0223 e. The van der Waals surface area contributed by atoms with Crippen LogP contribution in [0.1, 0.15) is 44.9 Å². The van der Waals surface area contributed by atoms with E-state index in [9.17, 15) is 0 Å². The molecule has 1 aliphatic carbocycles. The first kappa shape index (κ1) is 8.39. The number of hydrogen-bond acceptors (Lipinski definition) is 0. The Morgan fingerprint density at radius 3 is 2.40 bits per heavy atom. The summed E-state index contributed by atoms with van der Waals surface area (Å²) in [6.45, 7) is 0. The first-order chi connectivity index (χ1) is 4.93. The van der Waals surface area contributed by atoms with Crippen LogP contribution < -0.4 is 0 Å². The molecule has 1 aliphatic rings. The molecule has 1 saturated carbocycles. The van der Waals surface area contributed by atoms with Crippen LogP contribution in [0.25, 0.3) is 0 Å². The molecule has 0 aliphatic heterocycles. The summed E-state index contributed by atoms with van der Waals surface area (Å²) in [6, 6.07) is 0. The highest BCUT2D eigenvalue weighted by atomic mass is 35.5. The van der Waals surface area contributed by atoms with Gasteiger partial charge in [-0.3, -0.25) is 0 Å². The number of halogens is 1. The van der Waals surface area contributed by atoms with E-state index in [1.807, 2.05) is 0 Å². The third-order valence-electron chi connectivity index (χ3n) is 2.47. The SMILES string of the molecule is ClCCCCC1CCCC1. The summed E-state index contributed by atoms with van der Waals surface area (Å²) in [4.78, 5) is 0. The van der Waals surface area contributed by atoms with Crippen molar-refractivity contribution in [1.82, 2.24) is 0 Å². The monoisotopic (exact) mass is 160 g/mol. The summed E-state index contributed by atoms with van der Waals surface area (Å²) < 4.78 is 0. The Balaban J connectivity index is 1.91. The minimum atomic E-state index is 0.854. The van der Waals surface area contributed by atoms with Crippen molar-refractivity contribution in [2.75, 3.05) is 5.88 Å². The number of unbranched alkanes of at least 4 members (excludes halogenated alkanes) is 1. The van der Waals surface area contributed by atoms with Gasteiger partial charge in [0.2, 0.25) is 0 Å². The molecule has 0 nitrogen and oxygen atoms in total. The fraction of sp³-hybridized carbons (Fsp3) is 1.00. The van der Waals surface area contributed by atoms with Crippen molar-refractivity contribution in [2.24, 2.45) is 5.92 Å². The minimum absolute atomic E-state index is 0.854. The van der Waals surface area contributed by atoms with Gasteiger partial charge in [-0.1, -0.05) is 38.5 Å². The highest BCUT2D eigenvalue weighted by Crippen LogP contribution is 2.28. The van der Waals surface area contributed by atoms with Crippen molar-refractivity contribution in [3.63, 3.8) is 0 Å². The Morgan fingerprint density at radius 1 is 1.10 bits per heavy atom. The van der Waals surface area contributed by atoms with E-state index in [0.29, 0.717) is 0 Å². The van der Waals surface area contributed by atoms with Crippen LogP contribution in [-0.4, -0.2) is 5.88 Å². The first-order valence-corrected chi connectivity index (χ1v) is 5.03. The maximum Gasteiger partial charge on any atom is 0.0223 e. The van der Waals surface area contributed by atoms with Crippen LogP contribution in [0.5, 0.6) is 0 Å². The third kappa shape index (κ3) is 2.92. The Hall–Kier alpha value is 0.290. The summed E-state index contributed by atoms with van der Waals surface area (Å²) in [6.07, 6.45) is 9.95. The van der Waals surface area contributed by atoms with Crippen LogP contribution >= 0.6 is 11.6 Å². The second kappa shape index (κ2) is 5.01. The molecule has 0 atom stereocenters. The molecule has 0 N–H and O–H groups in total. The molecule has 0 amide bonds. The Morgan fingerprint density at radius 2 is 1.80 bits per heavy atom. The average Bonchev–Trinajstić information content (AvgIpc) is 2.41. The van der Waals surface area contributed by atoms with Gasteiger partial charge in [0.15, 0.2) is 0 Å². The standard InChI is InChI=1S/C9H17Cl/c10-8-4-3-7-9-5-1-2-6-9/h9H,1-8H2. The molecule has 60 valence electrons. The number of hydrogen-bond donors (Lipinski definition) is 0. The van der Waals surface area contributed by atoms with Gasteiger partial charge in [-0.15, -0.1) is 11.6 Å². The highest BCUT2D eigenvalue weighted by Gasteiger charge is 2.13.